The third kappa shape index (κ3) is 4.47. The zero-order chi connectivity index (χ0) is 20.2. The number of likely N-dealkylation sites (tertiary alicyclic amines) is 1. The van der Waals surface area contributed by atoms with Crippen LogP contribution in [0.25, 0.3) is 10.9 Å². The SMILES string of the molecule is O=C(NCCc1c[nH]c2ccccc12)C1CC(=O)N(CCc2ccc(F)cc2)C1. The molecule has 0 bridgehead atoms. The summed E-state index contributed by atoms with van der Waals surface area (Å²) in [5.74, 6) is -0.638. The first kappa shape index (κ1) is 19.2. The number of rotatable bonds is 7. The Morgan fingerprint density at radius 1 is 1.14 bits per heavy atom. The number of hydrogen-bond acceptors (Lipinski definition) is 2. The molecule has 29 heavy (non-hydrogen) atoms. The standard InChI is InChI=1S/C23H24FN3O2/c24-19-7-5-16(6-8-19)10-12-27-15-18(13-22(27)28)23(29)25-11-9-17-14-26-21-4-2-1-3-20(17)21/h1-8,14,18,26H,9-13,15H2,(H,25,29). The van der Waals surface area contributed by atoms with Crippen molar-refractivity contribution in [3.05, 3.63) is 71.7 Å². The highest BCUT2D eigenvalue weighted by atomic mass is 19.1. The Kier molecular flexibility index (Phi) is 5.60. The minimum Gasteiger partial charge on any atom is -0.361 e. The van der Waals surface area contributed by atoms with Crippen molar-refractivity contribution in [3.8, 4) is 0 Å². The van der Waals surface area contributed by atoms with Crippen LogP contribution in [0.3, 0.4) is 0 Å². The highest BCUT2D eigenvalue weighted by Crippen LogP contribution is 2.20. The van der Waals surface area contributed by atoms with Gasteiger partial charge in [0.25, 0.3) is 0 Å². The van der Waals surface area contributed by atoms with E-state index in [9.17, 15) is 14.0 Å². The van der Waals surface area contributed by atoms with E-state index in [0.29, 0.717) is 26.1 Å². The van der Waals surface area contributed by atoms with Gasteiger partial charge >= 0.3 is 0 Å². The predicted molar refractivity (Wildman–Crippen MR) is 110 cm³/mol. The van der Waals surface area contributed by atoms with Crippen LogP contribution in [-0.2, 0) is 22.4 Å². The summed E-state index contributed by atoms with van der Waals surface area (Å²) in [5.41, 5.74) is 3.24. The maximum Gasteiger partial charge on any atom is 0.225 e. The van der Waals surface area contributed by atoms with Crippen molar-refractivity contribution >= 4 is 22.7 Å². The van der Waals surface area contributed by atoms with Gasteiger partial charge in [0.05, 0.1) is 5.92 Å². The molecular formula is C23H24FN3O2. The maximum absolute atomic E-state index is 13.0. The zero-order valence-corrected chi connectivity index (χ0v) is 16.2. The van der Waals surface area contributed by atoms with Crippen molar-refractivity contribution in [2.45, 2.75) is 19.3 Å². The topological polar surface area (TPSA) is 65.2 Å². The maximum atomic E-state index is 13.0. The Morgan fingerprint density at radius 3 is 2.76 bits per heavy atom. The van der Waals surface area contributed by atoms with Crippen LogP contribution in [0.4, 0.5) is 4.39 Å². The fraction of sp³-hybridized carbons (Fsp3) is 0.304. The fourth-order valence-electron chi connectivity index (χ4n) is 3.88. The highest BCUT2D eigenvalue weighted by molar-refractivity contribution is 5.89. The second kappa shape index (κ2) is 8.47. The van der Waals surface area contributed by atoms with Crippen molar-refractivity contribution in [2.24, 2.45) is 5.92 Å². The second-order valence-electron chi connectivity index (χ2n) is 7.52. The number of amides is 2. The van der Waals surface area contributed by atoms with Crippen molar-refractivity contribution < 1.29 is 14.0 Å². The number of nitrogens with one attached hydrogen (secondary N) is 2. The second-order valence-corrected chi connectivity index (χ2v) is 7.52. The quantitative estimate of drug-likeness (QED) is 0.648. The molecule has 3 aromatic rings. The summed E-state index contributed by atoms with van der Waals surface area (Å²) in [6.45, 7) is 1.53. The van der Waals surface area contributed by atoms with Crippen LogP contribution in [0.1, 0.15) is 17.5 Å². The van der Waals surface area contributed by atoms with E-state index >= 15 is 0 Å². The molecule has 150 valence electrons. The van der Waals surface area contributed by atoms with Crippen LogP contribution < -0.4 is 5.32 Å². The first-order valence-corrected chi connectivity index (χ1v) is 9.95. The molecule has 4 rings (SSSR count). The molecule has 0 aliphatic carbocycles. The van der Waals surface area contributed by atoms with Crippen LogP contribution in [-0.4, -0.2) is 41.3 Å². The van der Waals surface area contributed by atoms with Gasteiger partial charge in [0.2, 0.25) is 11.8 Å². The molecule has 0 radical (unpaired) electrons. The lowest BCUT2D eigenvalue weighted by Gasteiger charge is -2.16. The molecule has 1 unspecified atom stereocenters. The number of fused-ring (bicyclic) bond motifs is 1. The van der Waals surface area contributed by atoms with Gasteiger partial charge in [0.1, 0.15) is 5.82 Å². The van der Waals surface area contributed by atoms with Gasteiger partial charge in [0, 0.05) is 43.2 Å². The van der Waals surface area contributed by atoms with Gasteiger partial charge in [-0.2, -0.15) is 0 Å². The van der Waals surface area contributed by atoms with E-state index in [1.807, 2.05) is 24.4 Å². The molecule has 0 saturated carbocycles. The number of aromatic amines is 1. The van der Waals surface area contributed by atoms with E-state index in [1.165, 1.54) is 23.1 Å². The van der Waals surface area contributed by atoms with Crippen molar-refractivity contribution in [1.29, 1.82) is 0 Å². The van der Waals surface area contributed by atoms with Gasteiger partial charge in [-0.3, -0.25) is 9.59 Å². The minimum absolute atomic E-state index is 0.00360. The Bertz CT molecular complexity index is 1010. The summed E-state index contributed by atoms with van der Waals surface area (Å²) >= 11 is 0. The fourth-order valence-corrected chi connectivity index (χ4v) is 3.88. The van der Waals surface area contributed by atoms with E-state index in [4.69, 9.17) is 0 Å². The first-order valence-electron chi connectivity index (χ1n) is 9.95. The number of para-hydroxylation sites is 1. The number of aromatic nitrogens is 1. The zero-order valence-electron chi connectivity index (χ0n) is 16.2. The molecule has 1 saturated heterocycles. The molecule has 2 amide bonds. The van der Waals surface area contributed by atoms with Crippen molar-refractivity contribution in [1.82, 2.24) is 15.2 Å². The van der Waals surface area contributed by atoms with Gasteiger partial charge in [0.15, 0.2) is 0 Å². The number of carbonyl (C=O) groups is 2. The van der Waals surface area contributed by atoms with E-state index in [1.54, 1.807) is 17.0 Å². The number of carbonyl (C=O) groups excluding carboxylic acids is 2. The number of halogens is 1. The molecule has 2 heterocycles. The Labute approximate surface area is 168 Å². The summed E-state index contributed by atoms with van der Waals surface area (Å²) in [7, 11) is 0. The van der Waals surface area contributed by atoms with Gasteiger partial charge in [-0.05, 0) is 42.2 Å². The molecule has 0 spiro atoms. The van der Waals surface area contributed by atoms with E-state index in [2.05, 4.69) is 16.4 Å². The Morgan fingerprint density at radius 2 is 1.93 bits per heavy atom. The minimum atomic E-state index is -0.307. The monoisotopic (exact) mass is 393 g/mol. The molecule has 2 N–H and O–H groups in total. The van der Waals surface area contributed by atoms with Gasteiger partial charge in [-0.15, -0.1) is 0 Å². The Hall–Kier alpha value is -3.15. The van der Waals surface area contributed by atoms with E-state index in [0.717, 1.165) is 17.5 Å². The molecule has 1 aliphatic heterocycles. The third-order valence-electron chi connectivity index (χ3n) is 5.54. The normalized spacial score (nSPS) is 16.5. The number of hydrogen-bond donors (Lipinski definition) is 2. The van der Waals surface area contributed by atoms with Crippen LogP contribution in [0.2, 0.25) is 0 Å². The number of H-pyrrole nitrogens is 1. The lowest BCUT2D eigenvalue weighted by atomic mass is 10.1. The summed E-state index contributed by atoms with van der Waals surface area (Å²) in [5, 5.41) is 4.15. The summed E-state index contributed by atoms with van der Waals surface area (Å²) < 4.78 is 13.0. The highest BCUT2D eigenvalue weighted by Gasteiger charge is 2.33. The summed E-state index contributed by atoms with van der Waals surface area (Å²) in [6, 6.07) is 14.4. The lowest BCUT2D eigenvalue weighted by molar-refractivity contribution is -0.129. The summed E-state index contributed by atoms with van der Waals surface area (Å²) in [6.07, 6.45) is 3.63. The average Bonchev–Trinajstić information content (AvgIpc) is 3.31. The van der Waals surface area contributed by atoms with Crippen LogP contribution >= 0.6 is 0 Å². The van der Waals surface area contributed by atoms with Crippen LogP contribution in [0, 0.1) is 11.7 Å². The van der Waals surface area contributed by atoms with Crippen LogP contribution in [0.15, 0.2) is 54.7 Å². The average molecular weight is 393 g/mol. The Balaban J connectivity index is 1.25. The lowest BCUT2D eigenvalue weighted by Crippen LogP contribution is -2.34. The predicted octanol–water partition coefficient (Wildman–Crippen LogP) is 3.06. The first-order chi connectivity index (χ1) is 14.1. The molecule has 1 aromatic heterocycles. The molecule has 5 nitrogen and oxygen atoms in total. The number of benzene rings is 2. The molecule has 1 fully saturated rings. The van der Waals surface area contributed by atoms with E-state index < -0.39 is 0 Å². The van der Waals surface area contributed by atoms with Crippen molar-refractivity contribution in [3.63, 3.8) is 0 Å². The molecular weight excluding hydrogens is 369 g/mol. The van der Waals surface area contributed by atoms with Gasteiger partial charge in [-0.1, -0.05) is 30.3 Å². The smallest absolute Gasteiger partial charge is 0.225 e. The van der Waals surface area contributed by atoms with Gasteiger partial charge < -0.3 is 15.2 Å². The molecule has 1 atom stereocenters. The van der Waals surface area contributed by atoms with Crippen molar-refractivity contribution in [2.75, 3.05) is 19.6 Å². The largest absolute Gasteiger partial charge is 0.361 e. The number of nitrogens with zero attached hydrogens (tertiary/aromatic N) is 1. The summed E-state index contributed by atoms with van der Waals surface area (Å²) in [4.78, 5) is 29.7. The van der Waals surface area contributed by atoms with Gasteiger partial charge in [-0.25, -0.2) is 4.39 Å². The van der Waals surface area contributed by atoms with E-state index in [-0.39, 0.29) is 30.0 Å². The third-order valence-corrected chi connectivity index (χ3v) is 5.54. The molecule has 6 heteroatoms. The van der Waals surface area contributed by atoms with Crippen LogP contribution in [0.5, 0.6) is 0 Å². The molecule has 1 aliphatic rings. The molecule has 2 aromatic carbocycles.